The van der Waals surface area contributed by atoms with Crippen LogP contribution in [0.4, 0.5) is 17.5 Å². The molecule has 0 atom stereocenters. The fraction of sp³-hybridized carbons (Fsp3) is 0.227. The summed E-state index contributed by atoms with van der Waals surface area (Å²) in [5.41, 5.74) is 3.09. The average molecular weight is 376 g/mol. The van der Waals surface area contributed by atoms with Crippen LogP contribution in [0.2, 0.25) is 0 Å². The van der Waals surface area contributed by atoms with Crippen molar-refractivity contribution in [2.24, 2.45) is 0 Å². The third-order valence-corrected chi connectivity index (χ3v) is 4.39. The molecule has 1 aromatic heterocycles. The quantitative estimate of drug-likeness (QED) is 0.612. The molecule has 0 saturated heterocycles. The number of hydrogen-bond acceptors (Lipinski definition) is 6. The molecule has 1 heterocycles. The van der Waals surface area contributed by atoms with Gasteiger partial charge in [0, 0.05) is 30.4 Å². The van der Waals surface area contributed by atoms with Crippen LogP contribution in [0.5, 0.6) is 0 Å². The van der Waals surface area contributed by atoms with Gasteiger partial charge in [-0.15, -0.1) is 0 Å². The van der Waals surface area contributed by atoms with Crippen molar-refractivity contribution in [2.75, 3.05) is 30.4 Å². The fourth-order valence-corrected chi connectivity index (χ4v) is 2.89. The Labute approximate surface area is 165 Å². The van der Waals surface area contributed by atoms with Crippen LogP contribution >= 0.6 is 0 Å². The summed E-state index contributed by atoms with van der Waals surface area (Å²) >= 11 is 0. The van der Waals surface area contributed by atoms with Gasteiger partial charge in [0.1, 0.15) is 5.82 Å². The van der Waals surface area contributed by atoms with Gasteiger partial charge in [0.15, 0.2) is 0 Å². The number of ether oxygens (including phenoxy) is 1. The minimum atomic E-state index is -0.375. The molecule has 0 radical (unpaired) electrons. The molecule has 3 rings (SSSR count). The summed E-state index contributed by atoms with van der Waals surface area (Å²) in [6.45, 7) is 5.78. The predicted molar refractivity (Wildman–Crippen MR) is 112 cm³/mol. The topological polar surface area (TPSA) is 67.4 Å². The van der Waals surface area contributed by atoms with E-state index in [1.807, 2.05) is 42.5 Å². The van der Waals surface area contributed by atoms with E-state index in [4.69, 9.17) is 9.72 Å². The van der Waals surface area contributed by atoms with Crippen LogP contribution < -0.4 is 10.2 Å². The molecule has 0 fully saturated rings. The number of carbonyl (C=O) groups is 1. The molecular weight excluding hydrogens is 352 g/mol. The molecule has 3 aromatic rings. The Kier molecular flexibility index (Phi) is 6.22. The van der Waals surface area contributed by atoms with Crippen molar-refractivity contribution in [2.45, 2.75) is 13.8 Å². The largest absolute Gasteiger partial charge is 0.465 e. The number of carbonyl (C=O) groups excluding carboxylic acids is 1. The van der Waals surface area contributed by atoms with Gasteiger partial charge < -0.3 is 15.0 Å². The zero-order valence-electron chi connectivity index (χ0n) is 16.3. The number of rotatable bonds is 7. The van der Waals surface area contributed by atoms with Gasteiger partial charge >= 0.3 is 5.97 Å². The molecule has 0 unspecified atom stereocenters. The monoisotopic (exact) mass is 376 g/mol. The molecule has 6 nitrogen and oxygen atoms in total. The molecular formula is C22H24N4O2. The number of aromatic nitrogens is 2. The van der Waals surface area contributed by atoms with E-state index in [0.29, 0.717) is 17.3 Å². The van der Waals surface area contributed by atoms with E-state index in [1.165, 1.54) is 7.11 Å². The van der Waals surface area contributed by atoms with Gasteiger partial charge in [-0.3, -0.25) is 0 Å². The van der Waals surface area contributed by atoms with Crippen molar-refractivity contribution in [1.29, 1.82) is 0 Å². The Morgan fingerprint density at radius 3 is 2.43 bits per heavy atom. The molecule has 0 spiro atoms. The molecule has 0 aliphatic rings. The highest BCUT2D eigenvalue weighted by Crippen LogP contribution is 2.25. The molecule has 0 aliphatic heterocycles. The van der Waals surface area contributed by atoms with Gasteiger partial charge in [-0.2, -0.15) is 4.98 Å². The SMILES string of the molecule is CCN(CC)c1nc(Nc2cccc(C(=O)OC)c2)cc(-c2ccccc2)n1. The second-order valence-corrected chi connectivity index (χ2v) is 6.17. The van der Waals surface area contributed by atoms with E-state index in [-0.39, 0.29) is 5.97 Å². The van der Waals surface area contributed by atoms with Crippen LogP contribution in [0.15, 0.2) is 60.7 Å². The Morgan fingerprint density at radius 1 is 1.00 bits per heavy atom. The Hall–Kier alpha value is -3.41. The van der Waals surface area contributed by atoms with Crippen molar-refractivity contribution < 1.29 is 9.53 Å². The Morgan fingerprint density at radius 2 is 1.75 bits per heavy atom. The Bertz CT molecular complexity index is 940. The van der Waals surface area contributed by atoms with Gasteiger partial charge in [-0.05, 0) is 32.0 Å². The maximum atomic E-state index is 11.8. The third kappa shape index (κ3) is 4.46. The van der Waals surface area contributed by atoms with Gasteiger partial charge in [0.2, 0.25) is 5.95 Å². The number of esters is 1. The van der Waals surface area contributed by atoms with Crippen LogP contribution in [0, 0.1) is 0 Å². The maximum absolute atomic E-state index is 11.8. The van der Waals surface area contributed by atoms with Crippen molar-refractivity contribution in [3.63, 3.8) is 0 Å². The summed E-state index contributed by atoms with van der Waals surface area (Å²) < 4.78 is 4.80. The van der Waals surface area contributed by atoms with E-state index < -0.39 is 0 Å². The van der Waals surface area contributed by atoms with E-state index in [2.05, 4.69) is 29.0 Å². The number of methoxy groups -OCH3 is 1. The zero-order valence-corrected chi connectivity index (χ0v) is 16.3. The molecule has 144 valence electrons. The summed E-state index contributed by atoms with van der Waals surface area (Å²) in [6.07, 6.45) is 0. The number of nitrogens with one attached hydrogen (secondary N) is 1. The first-order valence-electron chi connectivity index (χ1n) is 9.29. The fourth-order valence-electron chi connectivity index (χ4n) is 2.89. The second kappa shape index (κ2) is 8.99. The number of benzene rings is 2. The van der Waals surface area contributed by atoms with Crippen molar-refractivity contribution in [3.05, 3.63) is 66.2 Å². The molecule has 6 heteroatoms. The minimum absolute atomic E-state index is 0.375. The molecule has 2 aromatic carbocycles. The Balaban J connectivity index is 2.00. The van der Waals surface area contributed by atoms with Crippen LogP contribution in [-0.4, -0.2) is 36.1 Å². The summed E-state index contributed by atoms with van der Waals surface area (Å²) in [4.78, 5) is 23.3. The highest BCUT2D eigenvalue weighted by Gasteiger charge is 2.12. The molecule has 0 amide bonds. The first kappa shape index (κ1) is 19.4. The summed E-state index contributed by atoms with van der Waals surface area (Å²) in [5.74, 6) is 0.955. The van der Waals surface area contributed by atoms with Crippen molar-refractivity contribution in [3.8, 4) is 11.3 Å². The molecule has 1 N–H and O–H groups in total. The predicted octanol–water partition coefficient (Wildman–Crippen LogP) is 4.52. The lowest BCUT2D eigenvalue weighted by Gasteiger charge is -2.20. The summed E-state index contributed by atoms with van der Waals surface area (Å²) in [6, 6.07) is 19.1. The molecule has 0 bridgehead atoms. The third-order valence-electron chi connectivity index (χ3n) is 4.39. The van der Waals surface area contributed by atoms with Crippen molar-refractivity contribution in [1.82, 2.24) is 9.97 Å². The zero-order chi connectivity index (χ0) is 19.9. The lowest BCUT2D eigenvalue weighted by Crippen LogP contribution is -2.24. The lowest BCUT2D eigenvalue weighted by molar-refractivity contribution is 0.0601. The maximum Gasteiger partial charge on any atom is 0.337 e. The van der Waals surface area contributed by atoms with Gasteiger partial charge in [-0.1, -0.05) is 36.4 Å². The van der Waals surface area contributed by atoms with Crippen LogP contribution in [0.3, 0.4) is 0 Å². The van der Waals surface area contributed by atoms with Crippen LogP contribution in [0.25, 0.3) is 11.3 Å². The van der Waals surface area contributed by atoms with E-state index in [9.17, 15) is 4.79 Å². The molecule has 0 aliphatic carbocycles. The van der Waals surface area contributed by atoms with E-state index >= 15 is 0 Å². The van der Waals surface area contributed by atoms with E-state index in [1.54, 1.807) is 18.2 Å². The van der Waals surface area contributed by atoms with Gasteiger partial charge in [0.05, 0.1) is 18.4 Å². The summed E-state index contributed by atoms with van der Waals surface area (Å²) in [7, 11) is 1.37. The first-order valence-corrected chi connectivity index (χ1v) is 9.29. The minimum Gasteiger partial charge on any atom is -0.465 e. The summed E-state index contributed by atoms with van der Waals surface area (Å²) in [5, 5.41) is 3.29. The number of hydrogen-bond donors (Lipinski definition) is 1. The number of nitrogens with zero attached hydrogens (tertiary/aromatic N) is 3. The highest BCUT2D eigenvalue weighted by molar-refractivity contribution is 5.90. The lowest BCUT2D eigenvalue weighted by atomic mass is 10.1. The van der Waals surface area contributed by atoms with Gasteiger partial charge in [0.25, 0.3) is 0 Å². The highest BCUT2D eigenvalue weighted by atomic mass is 16.5. The average Bonchev–Trinajstić information content (AvgIpc) is 2.75. The van der Waals surface area contributed by atoms with E-state index in [0.717, 1.165) is 30.0 Å². The smallest absolute Gasteiger partial charge is 0.337 e. The molecule has 28 heavy (non-hydrogen) atoms. The first-order chi connectivity index (χ1) is 13.6. The molecule has 0 saturated carbocycles. The van der Waals surface area contributed by atoms with Crippen molar-refractivity contribution >= 4 is 23.4 Å². The standard InChI is InChI=1S/C22H24N4O2/c1-4-26(5-2)22-24-19(16-10-7-6-8-11-16)15-20(25-22)23-18-13-9-12-17(14-18)21(27)28-3/h6-15H,4-5H2,1-3H3,(H,23,24,25). The van der Waals surface area contributed by atoms with Crippen LogP contribution in [-0.2, 0) is 4.74 Å². The normalized spacial score (nSPS) is 10.4. The second-order valence-electron chi connectivity index (χ2n) is 6.17. The van der Waals surface area contributed by atoms with Gasteiger partial charge in [-0.25, -0.2) is 9.78 Å². The van der Waals surface area contributed by atoms with Crippen LogP contribution in [0.1, 0.15) is 24.2 Å². The number of anilines is 3.